The van der Waals surface area contributed by atoms with Crippen LogP contribution >= 0.6 is 0 Å². The van der Waals surface area contributed by atoms with E-state index in [0.717, 1.165) is 11.1 Å². The number of ether oxygens (including phenoxy) is 1. The Morgan fingerprint density at radius 2 is 1.55 bits per heavy atom. The molecule has 1 atom stereocenters. The van der Waals surface area contributed by atoms with Gasteiger partial charge in [-0.15, -0.1) is 0 Å². The monoisotopic (exact) mass is 270 g/mol. The van der Waals surface area contributed by atoms with Crippen LogP contribution in [0.15, 0.2) is 60.7 Å². The molecule has 0 aliphatic rings. The lowest BCUT2D eigenvalue weighted by molar-refractivity contribution is 0.136. The molecule has 4 heteroatoms. The molecular formula is C16H18N2O2. The molecule has 0 bridgehead atoms. The first-order valence-corrected chi connectivity index (χ1v) is 6.51. The van der Waals surface area contributed by atoms with E-state index in [2.05, 4.69) is 5.32 Å². The Bertz CT molecular complexity index is 529. The number of carbonyl (C=O) groups excluding carboxylic acids is 1. The molecule has 2 aromatic rings. The third-order valence-electron chi connectivity index (χ3n) is 2.81. The molecule has 0 radical (unpaired) electrons. The number of carbonyl (C=O) groups is 1. The molecule has 0 unspecified atom stereocenters. The summed E-state index contributed by atoms with van der Waals surface area (Å²) in [5.74, 6) is 0. The molecule has 1 amide bonds. The molecule has 0 heterocycles. The molecule has 0 saturated heterocycles. The highest BCUT2D eigenvalue weighted by atomic mass is 16.5. The van der Waals surface area contributed by atoms with Gasteiger partial charge < -0.3 is 15.8 Å². The Morgan fingerprint density at radius 1 is 1.00 bits per heavy atom. The summed E-state index contributed by atoms with van der Waals surface area (Å²) in [5.41, 5.74) is 7.88. The van der Waals surface area contributed by atoms with E-state index in [1.165, 1.54) is 0 Å². The van der Waals surface area contributed by atoms with Crippen molar-refractivity contribution in [2.24, 2.45) is 5.73 Å². The lowest BCUT2D eigenvalue weighted by atomic mass is 10.1. The average molecular weight is 270 g/mol. The van der Waals surface area contributed by atoms with Crippen LogP contribution in [-0.2, 0) is 17.8 Å². The van der Waals surface area contributed by atoms with Crippen LogP contribution in [0, 0.1) is 0 Å². The predicted octanol–water partition coefficient (Wildman–Crippen LogP) is 2.44. The largest absolute Gasteiger partial charge is 0.445 e. The van der Waals surface area contributed by atoms with Crippen LogP contribution in [0.5, 0.6) is 0 Å². The number of nitrogens with two attached hydrogens (primary N) is 1. The number of alkyl carbamates (subject to hydrolysis) is 1. The second-order valence-corrected chi connectivity index (χ2v) is 4.50. The van der Waals surface area contributed by atoms with Crippen molar-refractivity contribution in [1.82, 2.24) is 5.32 Å². The number of benzene rings is 2. The fraction of sp³-hybridized carbons (Fsp3) is 0.188. The number of hydrogen-bond donors (Lipinski definition) is 2. The SMILES string of the molecule is N[C@H](Cc1ccccc1)NC(=O)OCc1ccccc1. The molecule has 0 aliphatic carbocycles. The van der Waals surface area contributed by atoms with Crippen molar-refractivity contribution in [2.75, 3.05) is 0 Å². The van der Waals surface area contributed by atoms with Crippen molar-refractivity contribution >= 4 is 6.09 Å². The molecule has 0 spiro atoms. The predicted molar refractivity (Wildman–Crippen MR) is 77.9 cm³/mol. The van der Waals surface area contributed by atoms with Crippen LogP contribution < -0.4 is 11.1 Å². The Hall–Kier alpha value is -2.33. The van der Waals surface area contributed by atoms with Crippen molar-refractivity contribution in [3.05, 3.63) is 71.8 Å². The number of nitrogens with one attached hydrogen (secondary N) is 1. The molecule has 3 N–H and O–H groups in total. The molecule has 4 nitrogen and oxygen atoms in total. The van der Waals surface area contributed by atoms with E-state index in [4.69, 9.17) is 10.5 Å². The first-order valence-electron chi connectivity index (χ1n) is 6.51. The number of amides is 1. The van der Waals surface area contributed by atoms with Gasteiger partial charge in [-0.05, 0) is 11.1 Å². The third kappa shape index (κ3) is 4.74. The summed E-state index contributed by atoms with van der Waals surface area (Å²) < 4.78 is 5.11. The van der Waals surface area contributed by atoms with Crippen molar-refractivity contribution < 1.29 is 9.53 Å². The molecule has 0 aliphatic heterocycles. The zero-order valence-electron chi connectivity index (χ0n) is 11.2. The first kappa shape index (κ1) is 14.1. The maximum Gasteiger partial charge on any atom is 0.408 e. The van der Waals surface area contributed by atoms with E-state index < -0.39 is 12.3 Å². The van der Waals surface area contributed by atoms with Crippen molar-refractivity contribution in [3.63, 3.8) is 0 Å². The third-order valence-corrected chi connectivity index (χ3v) is 2.81. The van der Waals surface area contributed by atoms with Gasteiger partial charge in [0, 0.05) is 6.42 Å². The van der Waals surface area contributed by atoms with Gasteiger partial charge in [-0.1, -0.05) is 60.7 Å². The van der Waals surface area contributed by atoms with E-state index in [1.807, 2.05) is 60.7 Å². The summed E-state index contributed by atoms with van der Waals surface area (Å²) in [5, 5.41) is 2.62. The van der Waals surface area contributed by atoms with Crippen LogP contribution in [0.1, 0.15) is 11.1 Å². The highest BCUT2D eigenvalue weighted by Gasteiger charge is 2.09. The van der Waals surface area contributed by atoms with E-state index in [0.29, 0.717) is 6.42 Å². The van der Waals surface area contributed by atoms with Gasteiger partial charge in [0.25, 0.3) is 0 Å². The molecule has 20 heavy (non-hydrogen) atoms. The van der Waals surface area contributed by atoms with Crippen molar-refractivity contribution in [2.45, 2.75) is 19.2 Å². The maximum atomic E-state index is 11.6. The van der Waals surface area contributed by atoms with Crippen molar-refractivity contribution in [1.29, 1.82) is 0 Å². The summed E-state index contributed by atoms with van der Waals surface area (Å²) >= 11 is 0. The van der Waals surface area contributed by atoms with E-state index in [9.17, 15) is 4.79 Å². The van der Waals surface area contributed by atoms with Gasteiger partial charge in [-0.2, -0.15) is 0 Å². The maximum absolute atomic E-state index is 11.6. The fourth-order valence-corrected chi connectivity index (χ4v) is 1.84. The minimum atomic E-state index is -0.503. The Kier molecular flexibility index (Phi) is 5.15. The van der Waals surface area contributed by atoms with Crippen LogP contribution in [0.25, 0.3) is 0 Å². The second kappa shape index (κ2) is 7.31. The lowest BCUT2D eigenvalue weighted by Crippen LogP contribution is -2.43. The van der Waals surface area contributed by atoms with Gasteiger partial charge in [0.15, 0.2) is 0 Å². The minimum absolute atomic E-state index is 0.241. The van der Waals surface area contributed by atoms with Crippen molar-refractivity contribution in [3.8, 4) is 0 Å². The molecule has 0 aromatic heterocycles. The zero-order chi connectivity index (χ0) is 14.2. The van der Waals surface area contributed by atoms with Gasteiger partial charge >= 0.3 is 6.09 Å². The lowest BCUT2D eigenvalue weighted by Gasteiger charge is -2.14. The molecule has 0 fully saturated rings. The van der Waals surface area contributed by atoms with Gasteiger partial charge in [-0.25, -0.2) is 4.79 Å². The Balaban J connectivity index is 1.74. The summed E-state index contributed by atoms with van der Waals surface area (Å²) in [6, 6.07) is 19.3. The van der Waals surface area contributed by atoms with E-state index in [-0.39, 0.29) is 6.61 Å². The van der Waals surface area contributed by atoms with E-state index >= 15 is 0 Å². The van der Waals surface area contributed by atoms with Crippen LogP contribution in [0.2, 0.25) is 0 Å². The highest BCUT2D eigenvalue weighted by Crippen LogP contribution is 2.02. The van der Waals surface area contributed by atoms with Gasteiger partial charge in [0.2, 0.25) is 0 Å². The normalized spacial score (nSPS) is 11.7. The van der Waals surface area contributed by atoms with Gasteiger partial charge in [0.1, 0.15) is 6.61 Å². The summed E-state index contributed by atoms with van der Waals surface area (Å²) in [6.07, 6.45) is -0.390. The Morgan fingerprint density at radius 3 is 2.15 bits per heavy atom. The molecule has 0 saturated carbocycles. The second-order valence-electron chi connectivity index (χ2n) is 4.50. The van der Waals surface area contributed by atoms with Crippen LogP contribution in [0.3, 0.4) is 0 Å². The summed E-state index contributed by atoms with van der Waals surface area (Å²) in [4.78, 5) is 11.6. The molecule has 104 valence electrons. The standard InChI is InChI=1S/C16H18N2O2/c17-15(11-13-7-3-1-4-8-13)18-16(19)20-12-14-9-5-2-6-10-14/h1-10,15H,11-12,17H2,(H,18,19)/t15-/m0/s1. The quantitative estimate of drug-likeness (QED) is 0.820. The minimum Gasteiger partial charge on any atom is -0.445 e. The average Bonchev–Trinajstić information content (AvgIpc) is 2.47. The summed E-state index contributed by atoms with van der Waals surface area (Å²) in [7, 11) is 0. The molecule has 2 aromatic carbocycles. The fourth-order valence-electron chi connectivity index (χ4n) is 1.84. The van der Waals surface area contributed by atoms with E-state index in [1.54, 1.807) is 0 Å². The smallest absolute Gasteiger partial charge is 0.408 e. The highest BCUT2D eigenvalue weighted by molar-refractivity contribution is 5.67. The van der Waals surface area contributed by atoms with Crippen LogP contribution in [-0.4, -0.2) is 12.3 Å². The molecular weight excluding hydrogens is 252 g/mol. The number of hydrogen-bond acceptors (Lipinski definition) is 3. The summed E-state index contributed by atoms with van der Waals surface area (Å²) in [6.45, 7) is 0.241. The number of rotatable bonds is 5. The van der Waals surface area contributed by atoms with Gasteiger partial charge in [0.05, 0.1) is 6.17 Å². The topological polar surface area (TPSA) is 64.3 Å². The first-order chi connectivity index (χ1) is 9.74. The molecule has 2 rings (SSSR count). The van der Waals surface area contributed by atoms with Gasteiger partial charge in [-0.3, -0.25) is 0 Å². The van der Waals surface area contributed by atoms with Crippen LogP contribution in [0.4, 0.5) is 4.79 Å². The Labute approximate surface area is 118 Å². The zero-order valence-corrected chi connectivity index (χ0v) is 11.2.